The number of fused-ring (bicyclic) bond motifs is 1. The molecule has 0 aliphatic heterocycles. The maximum absolute atomic E-state index is 10.6. The predicted molar refractivity (Wildman–Crippen MR) is 145 cm³/mol. The number of thiazole rings is 1. The Hall–Kier alpha value is -4.63. The number of nitrogens with zero attached hydrogens (tertiary/aromatic N) is 4. The zero-order valence-electron chi connectivity index (χ0n) is 20.5. The molecule has 9 heteroatoms. The van der Waals surface area contributed by atoms with E-state index >= 15 is 0 Å². The van der Waals surface area contributed by atoms with Crippen molar-refractivity contribution in [3.8, 4) is 34.3 Å². The van der Waals surface area contributed by atoms with Crippen molar-refractivity contribution in [1.29, 1.82) is 0 Å². The van der Waals surface area contributed by atoms with Gasteiger partial charge in [0.2, 0.25) is 10.6 Å². The van der Waals surface area contributed by atoms with Crippen LogP contribution < -0.4 is 19.0 Å². The Labute approximate surface area is 217 Å². The molecule has 5 aromatic rings. The van der Waals surface area contributed by atoms with Crippen molar-refractivity contribution in [2.75, 3.05) is 21.3 Å². The zero-order valence-corrected chi connectivity index (χ0v) is 21.3. The number of aromatic nitrogens is 2. The monoisotopic (exact) mass is 512 g/mol. The van der Waals surface area contributed by atoms with Crippen LogP contribution in [0.4, 0.5) is 5.69 Å². The van der Waals surface area contributed by atoms with Gasteiger partial charge in [0.15, 0.2) is 11.5 Å². The second-order valence-corrected chi connectivity index (χ2v) is 8.75. The number of ether oxygens (including phenoxy) is 3. The summed E-state index contributed by atoms with van der Waals surface area (Å²) < 4.78 is 18.3. The zero-order chi connectivity index (χ0) is 25.8. The van der Waals surface area contributed by atoms with Crippen molar-refractivity contribution in [2.24, 2.45) is 10.1 Å². The Morgan fingerprint density at radius 2 is 1.73 bits per heavy atom. The lowest BCUT2D eigenvalue weighted by molar-refractivity contribution is 0.324. The van der Waals surface area contributed by atoms with Gasteiger partial charge in [-0.1, -0.05) is 30.3 Å². The van der Waals surface area contributed by atoms with Crippen molar-refractivity contribution in [3.05, 3.63) is 88.8 Å². The van der Waals surface area contributed by atoms with Crippen LogP contribution in [-0.4, -0.2) is 42.3 Å². The van der Waals surface area contributed by atoms with Gasteiger partial charge in [0.05, 0.1) is 45.1 Å². The molecule has 0 saturated carbocycles. The van der Waals surface area contributed by atoms with Crippen LogP contribution in [0.3, 0.4) is 0 Å². The van der Waals surface area contributed by atoms with Gasteiger partial charge in [0.25, 0.3) is 0 Å². The lowest BCUT2D eigenvalue weighted by Gasteiger charge is -2.14. The smallest absolute Gasteiger partial charge is 0.211 e. The molecule has 37 heavy (non-hydrogen) atoms. The van der Waals surface area contributed by atoms with Crippen LogP contribution in [0.2, 0.25) is 0 Å². The summed E-state index contributed by atoms with van der Waals surface area (Å²) in [6.45, 7) is 0. The van der Waals surface area contributed by atoms with Crippen LogP contribution >= 0.6 is 11.3 Å². The Bertz CT molecular complexity index is 1630. The molecule has 0 aliphatic carbocycles. The molecule has 2 aromatic heterocycles. The number of pyridine rings is 1. The second-order valence-electron chi connectivity index (χ2n) is 7.92. The highest BCUT2D eigenvalue weighted by molar-refractivity contribution is 7.07. The summed E-state index contributed by atoms with van der Waals surface area (Å²) in [6, 6.07) is 18.8. The molecule has 2 heterocycles. The largest absolute Gasteiger partial charge is 0.507 e. The van der Waals surface area contributed by atoms with Gasteiger partial charge in [0.1, 0.15) is 5.75 Å². The summed E-state index contributed by atoms with van der Waals surface area (Å²) in [5.74, 6) is 1.69. The van der Waals surface area contributed by atoms with E-state index in [4.69, 9.17) is 24.3 Å². The molecule has 0 atom stereocenters. The molecule has 0 amide bonds. The van der Waals surface area contributed by atoms with Gasteiger partial charge >= 0.3 is 0 Å². The number of phenols is 1. The predicted octanol–water partition coefficient (Wildman–Crippen LogP) is 5.61. The third kappa shape index (κ3) is 4.76. The number of rotatable bonds is 7. The number of hydrogen-bond acceptors (Lipinski definition) is 8. The average Bonchev–Trinajstić information content (AvgIpc) is 3.34. The summed E-state index contributed by atoms with van der Waals surface area (Å²) in [5.41, 5.74) is 2.85. The first kappa shape index (κ1) is 24.1. The van der Waals surface area contributed by atoms with E-state index in [1.165, 1.54) is 11.3 Å². The standard InChI is InChI=1S/C28H24N4O4S/c1-34-25-13-19(14-26(35-2)27(25)36-3)23-17-37-28(31-20-8-6-12-29-15-20)32(23)30-16-22-21-9-5-4-7-18(21)10-11-24(22)33/h4-17,33H,1-3H3. The lowest BCUT2D eigenvalue weighted by atomic mass is 10.0. The highest BCUT2D eigenvalue weighted by atomic mass is 32.1. The molecule has 0 bridgehead atoms. The van der Waals surface area contributed by atoms with Crippen molar-refractivity contribution >= 4 is 34.0 Å². The first-order valence-corrected chi connectivity index (χ1v) is 12.2. The molecule has 1 N–H and O–H groups in total. The molecule has 0 fully saturated rings. The quantitative estimate of drug-likeness (QED) is 0.286. The van der Waals surface area contributed by atoms with E-state index in [1.54, 1.807) is 50.7 Å². The fraction of sp³-hybridized carbons (Fsp3) is 0.107. The Morgan fingerprint density at radius 1 is 0.946 bits per heavy atom. The van der Waals surface area contributed by atoms with E-state index in [9.17, 15) is 5.11 Å². The van der Waals surface area contributed by atoms with Crippen molar-refractivity contribution in [1.82, 2.24) is 9.66 Å². The average molecular weight is 513 g/mol. The number of phenolic OH excluding ortho intramolecular Hbond substituents is 1. The number of hydrogen-bond donors (Lipinski definition) is 1. The first-order valence-electron chi connectivity index (χ1n) is 11.3. The minimum atomic E-state index is 0.137. The molecular formula is C28H24N4O4S. The molecule has 186 valence electrons. The summed E-state index contributed by atoms with van der Waals surface area (Å²) in [5, 5.41) is 19.3. The Kier molecular flexibility index (Phi) is 6.87. The molecule has 5 rings (SSSR count). The highest BCUT2D eigenvalue weighted by Crippen LogP contribution is 2.41. The fourth-order valence-corrected chi connectivity index (χ4v) is 4.84. The molecule has 0 spiro atoms. The number of methoxy groups -OCH3 is 3. The Balaban J connectivity index is 1.72. The maximum atomic E-state index is 10.6. The fourth-order valence-electron chi connectivity index (χ4n) is 3.98. The van der Waals surface area contributed by atoms with Gasteiger partial charge in [-0.2, -0.15) is 5.10 Å². The van der Waals surface area contributed by atoms with E-state index in [1.807, 2.05) is 60.0 Å². The molecule has 0 unspecified atom stereocenters. The number of benzene rings is 3. The maximum Gasteiger partial charge on any atom is 0.211 e. The summed E-state index contributed by atoms with van der Waals surface area (Å²) >= 11 is 1.43. The Morgan fingerprint density at radius 3 is 2.43 bits per heavy atom. The minimum absolute atomic E-state index is 0.137. The summed E-state index contributed by atoms with van der Waals surface area (Å²) in [6.07, 6.45) is 5.03. The van der Waals surface area contributed by atoms with Crippen LogP contribution in [0.5, 0.6) is 23.0 Å². The van der Waals surface area contributed by atoms with Crippen LogP contribution in [0.25, 0.3) is 22.0 Å². The van der Waals surface area contributed by atoms with Gasteiger partial charge in [-0.05, 0) is 41.1 Å². The van der Waals surface area contributed by atoms with Crippen molar-refractivity contribution in [2.45, 2.75) is 0 Å². The van der Waals surface area contributed by atoms with E-state index in [0.717, 1.165) is 22.0 Å². The van der Waals surface area contributed by atoms with Crippen molar-refractivity contribution < 1.29 is 19.3 Å². The van der Waals surface area contributed by atoms with Crippen LogP contribution in [0.15, 0.2) is 88.5 Å². The SMILES string of the molecule is COc1cc(-c2csc(=Nc3cccnc3)n2N=Cc2c(O)ccc3ccccc23)cc(OC)c1OC. The molecule has 3 aromatic carbocycles. The van der Waals surface area contributed by atoms with Gasteiger partial charge in [-0.15, -0.1) is 11.3 Å². The number of aromatic hydroxyl groups is 1. The first-order chi connectivity index (χ1) is 18.1. The molecule has 8 nitrogen and oxygen atoms in total. The van der Waals surface area contributed by atoms with E-state index in [-0.39, 0.29) is 5.75 Å². The van der Waals surface area contributed by atoms with E-state index in [2.05, 4.69) is 4.98 Å². The third-order valence-electron chi connectivity index (χ3n) is 5.77. The van der Waals surface area contributed by atoms with Crippen molar-refractivity contribution in [3.63, 3.8) is 0 Å². The molecule has 0 aliphatic rings. The third-order valence-corrected chi connectivity index (χ3v) is 6.58. The molecule has 0 radical (unpaired) electrons. The highest BCUT2D eigenvalue weighted by Gasteiger charge is 2.17. The van der Waals surface area contributed by atoms with Crippen LogP contribution in [0, 0.1) is 0 Å². The van der Waals surface area contributed by atoms with Gasteiger partial charge in [0, 0.05) is 22.7 Å². The van der Waals surface area contributed by atoms with Crippen LogP contribution in [0.1, 0.15) is 5.56 Å². The van der Waals surface area contributed by atoms with E-state index in [0.29, 0.717) is 33.3 Å². The van der Waals surface area contributed by atoms with Gasteiger partial charge < -0.3 is 19.3 Å². The van der Waals surface area contributed by atoms with Gasteiger partial charge in [-0.3, -0.25) is 4.98 Å². The van der Waals surface area contributed by atoms with Crippen LogP contribution in [-0.2, 0) is 0 Å². The normalized spacial score (nSPS) is 11.8. The van der Waals surface area contributed by atoms with E-state index < -0.39 is 0 Å². The second kappa shape index (κ2) is 10.5. The summed E-state index contributed by atoms with van der Waals surface area (Å²) in [4.78, 5) is 9.54. The molecular weight excluding hydrogens is 488 g/mol. The van der Waals surface area contributed by atoms with Gasteiger partial charge in [-0.25, -0.2) is 9.67 Å². The minimum Gasteiger partial charge on any atom is -0.507 e. The summed E-state index contributed by atoms with van der Waals surface area (Å²) in [7, 11) is 4.72. The topological polar surface area (TPSA) is 90.5 Å². The molecule has 0 saturated heterocycles. The lowest BCUT2D eigenvalue weighted by Crippen LogP contribution is -2.12.